The van der Waals surface area contributed by atoms with E-state index in [-0.39, 0.29) is 11.7 Å². The lowest BCUT2D eigenvalue weighted by atomic mass is 10.1. The van der Waals surface area contributed by atoms with E-state index in [1.165, 1.54) is 7.05 Å². The van der Waals surface area contributed by atoms with Crippen molar-refractivity contribution < 1.29 is 9.32 Å². The predicted molar refractivity (Wildman–Crippen MR) is 65.2 cm³/mol. The molecule has 1 atom stereocenters. The average molecular weight is 267 g/mol. The van der Waals surface area contributed by atoms with Crippen molar-refractivity contribution in [2.45, 2.75) is 6.04 Å². The highest BCUT2D eigenvalue weighted by Crippen LogP contribution is 2.25. The van der Waals surface area contributed by atoms with Crippen LogP contribution in [0.5, 0.6) is 0 Å². The number of amides is 1. The molecule has 18 heavy (non-hydrogen) atoms. The summed E-state index contributed by atoms with van der Waals surface area (Å²) in [4.78, 5) is 15.2. The largest absolute Gasteiger partial charge is 0.352 e. The number of carbonyl (C=O) groups excluding carboxylic acids is 1. The van der Waals surface area contributed by atoms with E-state index in [4.69, 9.17) is 21.9 Å². The van der Waals surface area contributed by atoms with E-state index in [1.54, 1.807) is 24.3 Å². The smallest absolute Gasteiger partial charge is 0.292 e. The summed E-state index contributed by atoms with van der Waals surface area (Å²) in [6.07, 6.45) is 0. The maximum atomic E-state index is 11.3. The van der Waals surface area contributed by atoms with Crippen molar-refractivity contribution in [3.63, 3.8) is 0 Å². The summed E-state index contributed by atoms with van der Waals surface area (Å²) in [6.45, 7) is 0. The Labute approximate surface area is 108 Å². The molecule has 2 aromatic rings. The Balaban J connectivity index is 2.29. The van der Waals surface area contributed by atoms with Gasteiger partial charge in [0.05, 0.1) is 0 Å². The highest BCUT2D eigenvalue weighted by atomic mass is 35.5. The highest BCUT2D eigenvalue weighted by Gasteiger charge is 2.21. The standard InChI is InChI=1S/C11H11ClN4O2/c1-14-10(17)9-15-11(18-16-9)8(13)6-4-2-3-5-7(6)12/h2-5,8H,13H2,1H3,(H,14,17)/t8-/m1/s1. The number of nitrogens with one attached hydrogen (secondary N) is 1. The first-order valence-corrected chi connectivity index (χ1v) is 5.57. The van der Waals surface area contributed by atoms with Crippen LogP contribution in [0.3, 0.4) is 0 Å². The Morgan fingerprint density at radius 2 is 2.22 bits per heavy atom. The molecule has 1 heterocycles. The number of nitrogens with two attached hydrogens (primary N) is 1. The SMILES string of the molecule is CNC(=O)c1noc([C@H](N)c2ccccc2Cl)n1. The van der Waals surface area contributed by atoms with Gasteiger partial charge in [0.2, 0.25) is 5.89 Å². The van der Waals surface area contributed by atoms with Gasteiger partial charge in [-0.2, -0.15) is 4.98 Å². The van der Waals surface area contributed by atoms with E-state index in [9.17, 15) is 4.79 Å². The lowest BCUT2D eigenvalue weighted by molar-refractivity contribution is 0.0950. The zero-order valence-corrected chi connectivity index (χ0v) is 10.3. The lowest BCUT2D eigenvalue weighted by Crippen LogP contribution is -2.19. The van der Waals surface area contributed by atoms with E-state index < -0.39 is 11.9 Å². The zero-order chi connectivity index (χ0) is 13.1. The average Bonchev–Trinajstić information content (AvgIpc) is 2.87. The van der Waals surface area contributed by atoms with Gasteiger partial charge in [-0.1, -0.05) is 35.0 Å². The second-order valence-corrected chi connectivity index (χ2v) is 3.94. The Kier molecular flexibility index (Phi) is 3.59. The molecule has 0 saturated heterocycles. The third-order valence-electron chi connectivity index (χ3n) is 2.38. The second-order valence-electron chi connectivity index (χ2n) is 3.53. The maximum Gasteiger partial charge on any atom is 0.292 e. The van der Waals surface area contributed by atoms with Gasteiger partial charge in [-0.05, 0) is 11.6 Å². The maximum absolute atomic E-state index is 11.3. The molecule has 6 nitrogen and oxygen atoms in total. The van der Waals surface area contributed by atoms with Crippen LogP contribution in [-0.2, 0) is 0 Å². The lowest BCUT2D eigenvalue weighted by Gasteiger charge is -2.08. The molecule has 0 radical (unpaired) electrons. The molecule has 3 N–H and O–H groups in total. The number of aromatic nitrogens is 2. The van der Waals surface area contributed by atoms with E-state index >= 15 is 0 Å². The van der Waals surface area contributed by atoms with E-state index in [2.05, 4.69) is 15.5 Å². The van der Waals surface area contributed by atoms with Crippen molar-refractivity contribution in [1.82, 2.24) is 15.5 Å². The van der Waals surface area contributed by atoms with Gasteiger partial charge in [-0.3, -0.25) is 4.79 Å². The van der Waals surface area contributed by atoms with Crippen LogP contribution < -0.4 is 11.1 Å². The third kappa shape index (κ3) is 2.34. The summed E-state index contributed by atoms with van der Waals surface area (Å²) in [5.41, 5.74) is 6.62. The number of halogens is 1. The summed E-state index contributed by atoms with van der Waals surface area (Å²) in [5.74, 6) is -0.354. The molecule has 0 aliphatic heterocycles. The van der Waals surface area contributed by atoms with Crippen LogP contribution in [0.15, 0.2) is 28.8 Å². The first-order chi connectivity index (χ1) is 8.63. The van der Waals surface area contributed by atoms with Crippen molar-refractivity contribution >= 4 is 17.5 Å². The molecular weight excluding hydrogens is 256 g/mol. The van der Waals surface area contributed by atoms with Crippen LogP contribution in [-0.4, -0.2) is 23.1 Å². The Morgan fingerprint density at radius 3 is 2.89 bits per heavy atom. The molecule has 1 aromatic carbocycles. The van der Waals surface area contributed by atoms with Gasteiger partial charge >= 0.3 is 0 Å². The molecule has 7 heteroatoms. The van der Waals surface area contributed by atoms with E-state index in [1.807, 2.05) is 0 Å². The molecule has 94 valence electrons. The number of nitrogens with zero attached hydrogens (tertiary/aromatic N) is 2. The Hall–Kier alpha value is -1.92. The molecule has 1 aromatic heterocycles. The minimum absolute atomic E-state index is 0.0602. The van der Waals surface area contributed by atoms with Crippen molar-refractivity contribution in [3.8, 4) is 0 Å². The minimum Gasteiger partial charge on any atom is -0.352 e. The molecule has 0 unspecified atom stereocenters. The van der Waals surface area contributed by atoms with Crippen LogP contribution in [0.4, 0.5) is 0 Å². The molecule has 0 saturated carbocycles. The molecule has 2 rings (SSSR count). The minimum atomic E-state index is -0.662. The summed E-state index contributed by atoms with van der Waals surface area (Å²) >= 11 is 6.02. The monoisotopic (exact) mass is 266 g/mol. The summed E-state index contributed by atoms with van der Waals surface area (Å²) in [7, 11) is 1.48. The molecule has 0 aliphatic carbocycles. The topological polar surface area (TPSA) is 94.0 Å². The van der Waals surface area contributed by atoms with Crippen molar-refractivity contribution in [2.75, 3.05) is 7.05 Å². The number of benzene rings is 1. The number of hydrogen-bond acceptors (Lipinski definition) is 5. The van der Waals surface area contributed by atoms with Crippen molar-refractivity contribution in [1.29, 1.82) is 0 Å². The first-order valence-electron chi connectivity index (χ1n) is 5.19. The van der Waals surface area contributed by atoms with E-state index in [0.29, 0.717) is 10.6 Å². The molecule has 0 fully saturated rings. The van der Waals surface area contributed by atoms with Crippen LogP contribution in [0.2, 0.25) is 5.02 Å². The third-order valence-corrected chi connectivity index (χ3v) is 2.72. The van der Waals surface area contributed by atoms with Gasteiger partial charge in [0, 0.05) is 12.1 Å². The van der Waals surface area contributed by atoms with Gasteiger partial charge in [-0.15, -0.1) is 0 Å². The number of rotatable bonds is 3. The van der Waals surface area contributed by atoms with Crippen LogP contribution in [0.25, 0.3) is 0 Å². The van der Waals surface area contributed by atoms with Crippen LogP contribution >= 0.6 is 11.6 Å². The van der Waals surface area contributed by atoms with Gasteiger partial charge in [0.15, 0.2) is 0 Å². The quantitative estimate of drug-likeness (QED) is 0.868. The van der Waals surface area contributed by atoms with Crippen LogP contribution in [0, 0.1) is 0 Å². The molecule has 0 spiro atoms. The van der Waals surface area contributed by atoms with Crippen molar-refractivity contribution in [2.24, 2.45) is 5.73 Å². The number of carbonyl (C=O) groups is 1. The van der Waals surface area contributed by atoms with Gasteiger partial charge in [0.1, 0.15) is 6.04 Å². The molecular formula is C11H11ClN4O2. The zero-order valence-electron chi connectivity index (χ0n) is 9.55. The predicted octanol–water partition coefficient (Wildman–Crippen LogP) is 1.13. The van der Waals surface area contributed by atoms with Crippen molar-refractivity contribution in [3.05, 3.63) is 46.6 Å². The summed E-state index contributed by atoms with van der Waals surface area (Å²) in [5, 5.41) is 6.44. The summed E-state index contributed by atoms with van der Waals surface area (Å²) < 4.78 is 4.95. The molecule has 1 amide bonds. The fourth-order valence-electron chi connectivity index (χ4n) is 1.43. The van der Waals surface area contributed by atoms with Gasteiger partial charge < -0.3 is 15.6 Å². The Morgan fingerprint density at radius 1 is 1.50 bits per heavy atom. The Bertz CT molecular complexity index is 570. The highest BCUT2D eigenvalue weighted by molar-refractivity contribution is 6.31. The fourth-order valence-corrected chi connectivity index (χ4v) is 1.68. The first kappa shape index (κ1) is 12.5. The number of hydrogen-bond donors (Lipinski definition) is 2. The van der Waals surface area contributed by atoms with Crippen LogP contribution in [0.1, 0.15) is 28.1 Å². The van der Waals surface area contributed by atoms with Gasteiger partial charge in [0.25, 0.3) is 11.7 Å². The van der Waals surface area contributed by atoms with E-state index in [0.717, 1.165) is 0 Å². The summed E-state index contributed by atoms with van der Waals surface area (Å²) in [6, 6.07) is 6.41. The molecule has 0 aliphatic rings. The molecule has 0 bridgehead atoms. The van der Waals surface area contributed by atoms with Gasteiger partial charge in [-0.25, -0.2) is 0 Å². The fraction of sp³-hybridized carbons (Fsp3) is 0.182. The normalized spacial score (nSPS) is 12.2. The second kappa shape index (κ2) is 5.16.